The van der Waals surface area contributed by atoms with E-state index in [1.807, 2.05) is 30.3 Å². The summed E-state index contributed by atoms with van der Waals surface area (Å²) in [6.07, 6.45) is -3.70. The Bertz CT molecular complexity index is 1080. The summed E-state index contributed by atoms with van der Waals surface area (Å²) >= 11 is 0. The predicted molar refractivity (Wildman–Crippen MR) is 114 cm³/mol. The molecule has 1 unspecified atom stereocenters. The second-order valence-corrected chi connectivity index (χ2v) is 7.38. The van der Waals surface area contributed by atoms with Crippen LogP contribution in [0.2, 0.25) is 0 Å². The molecule has 6 nitrogen and oxygen atoms in total. The second-order valence-electron chi connectivity index (χ2n) is 7.38. The zero-order valence-electron chi connectivity index (χ0n) is 16.5. The highest BCUT2D eigenvalue weighted by atomic mass is 19.1. The molecule has 1 saturated heterocycles. The normalized spacial score (nSPS) is 26.4. The third-order valence-electron chi connectivity index (χ3n) is 5.34. The molecule has 0 aliphatic carbocycles. The first-order valence-corrected chi connectivity index (χ1v) is 9.91. The van der Waals surface area contributed by atoms with Crippen LogP contribution in [-0.2, 0) is 4.74 Å². The zero-order valence-corrected chi connectivity index (χ0v) is 16.5. The molecular formula is C24H23FO6. The monoisotopic (exact) mass is 426 g/mol. The van der Waals surface area contributed by atoms with Gasteiger partial charge in [-0.2, -0.15) is 0 Å². The molecule has 0 bridgehead atoms. The number of aliphatic hydroxyl groups is 4. The van der Waals surface area contributed by atoms with Crippen molar-refractivity contribution in [2.24, 2.45) is 0 Å². The van der Waals surface area contributed by atoms with Gasteiger partial charge in [-0.3, -0.25) is 0 Å². The number of aliphatic hydroxyl groups excluding tert-OH is 4. The first-order valence-electron chi connectivity index (χ1n) is 9.91. The molecule has 31 heavy (non-hydrogen) atoms. The van der Waals surface area contributed by atoms with Gasteiger partial charge in [0.05, 0.1) is 6.61 Å². The maximum atomic E-state index is 14.0. The fourth-order valence-electron chi connectivity index (χ4n) is 3.59. The first-order chi connectivity index (χ1) is 15.0. The molecule has 7 heteroatoms. The van der Waals surface area contributed by atoms with Gasteiger partial charge < -0.3 is 29.9 Å². The van der Waals surface area contributed by atoms with Gasteiger partial charge in [0.2, 0.25) is 6.29 Å². The Morgan fingerprint density at radius 2 is 1.55 bits per heavy atom. The Kier molecular flexibility index (Phi) is 6.31. The predicted octanol–water partition coefficient (Wildman–Crippen LogP) is 2.33. The highest BCUT2D eigenvalue weighted by Crippen LogP contribution is 2.34. The van der Waals surface area contributed by atoms with Crippen molar-refractivity contribution < 1.29 is 34.3 Å². The lowest BCUT2D eigenvalue weighted by atomic mass is 9.99. The van der Waals surface area contributed by atoms with Crippen LogP contribution in [0.25, 0.3) is 22.9 Å². The van der Waals surface area contributed by atoms with E-state index in [1.54, 1.807) is 36.4 Å². The number of halogens is 1. The van der Waals surface area contributed by atoms with Gasteiger partial charge in [0.15, 0.2) is 0 Å². The van der Waals surface area contributed by atoms with E-state index in [-0.39, 0.29) is 5.82 Å². The van der Waals surface area contributed by atoms with Gasteiger partial charge in [-0.05, 0) is 11.5 Å². The van der Waals surface area contributed by atoms with Crippen molar-refractivity contribution in [1.82, 2.24) is 0 Å². The molecule has 0 aromatic heterocycles. The fraction of sp³-hybridized carbons (Fsp3) is 0.250. The van der Waals surface area contributed by atoms with Crippen LogP contribution in [-0.4, -0.2) is 57.7 Å². The molecule has 0 amide bonds. The molecule has 0 saturated carbocycles. The van der Waals surface area contributed by atoms with Crippen LogP contribution in [0.1, 0.15) is 11.1 Å². The maximum absolute atomic E-state index is 14.0. The third-order valence-corrected chi connectivity index (χ3v) is 5.34. The van der Waals surface area contributed by atoms with Gasteiger partial charge in [-0.1, -0.05) is 66.7 Å². The lowest BCUT2D eigenvalue weighted by Gasteiger charge is -2.39. The van der Waals surface area contributed by atoms with Crippen molar-refractivity contribution in [2.45, 2.75) is 30.7 Å². The van der Waals surface area contributed by atoms with E-state index in [0.29, 0.717) is 16.9 Å². The molecule has 1 aliphatic rings. The molecule has 5 atom stereocenters. The molecule has 1 heterocycles. The summed E-state index contributed by atoms with van der Waals surface area (Å²) in [4.78, 5) is 0. The average Bonchev–Trinajstić information content (AvgIpc) is 2.79. The van der Waals surface area contributed by atoms with Gasteiger partial charge in [0.25, 0.3) is 0 Å². The van der Waals surface area contributed by atoms with Crippen molar-refractivity contribution in [3.8, 4) is 5.75 Å². The maximum Gasteiger partial charge on any atom is 0.229 e. The molecule has 4 N–H and O–H groups in total. The van der Waals surface area contributed by atoms with Gasteiger partial charge >= 0.3 is 0 Å². The first kappa shape index (κ1) is 21.4. The molecule has 4 rings (SSSR count). The summed E-state index contributed by atoms with van der Waals surface area (Å²) < 4.78 is 25.5. The largest absolute Gasteiger partial charge is 0.461 e. The number of hydrogen-bond donors (Lipinski definition) is 4. The third kappa shape index (κ3) is 4.32. The Balaban J connectivity index is 1.73. The Morgan fingerprint density at radius 1 is 0.839 bits per heavy atom. The van der Waals surface area contributed by atoms with E-state index in [9.17, 15) is 24.8 Å². The van der Waals surface area contributed by atoms with Crippen molar-refractivity contribution >= 4 is 22.9 Å². The molecular weight excluding hydrogens is 403 g/mol. The standard InChI is InChI=1S/C24H23FO6/c25-18-8-4-2-6-15(18)10-12-16-11-9-14-5-1-3-7-17(14)23(16)31-24-22(29)21(28)20(27)19(13-26)30-24/h1-12,19-22,24,26-29H,13H2/b12-10+/t19-,20-,21+,22-,24?/m1/s1. The van der Waals surface area contributed by atoms with E-state index >= 15 is 0 Å². The van der Waals surface area contributed by atoms with E-state index in [2.05, 4.69) is 0 Å². The quantitative estimate of drug-likeness (QED) is 0.468. The van der Waals surface area contributed by atoms with E-state index < -0.39 is 37.3 Å². The van der Waals surface area contributed by atoms with Crippen LogP contribution >= 0.6 is 0 Å². The lowest BCUT2D eigenvalue weighted by molar-refractivity contribution is -0.277. The number of benzene rings is 3. The second kappa shape index (κ2) is 9.13. The number of ether oxygens (including phenoxy) is 2. The molecule has 1 fully saturated rings. The molecule has 0 radical (unpaired) electrons. The minimum absolute atomic E-state index is 0.356. The Morgan fingerprint density at radius 3 is 2.32 bits per heavy atom. The van der Waals surface area contributed by atoms with Crippen LogP contribution < -0.4 is 4.74 Å². The fourth-order valence-corrected chi connectivity index (χ4v) is 3.59. The molecule has 162 valence electrons. The van der Waals surface area contributed by atoms with Crippen molar-refractivity contribution in [2.75, 3.05) is 6.61 Å². The van der Waals surface area contributed by atoms with Crippen LogP contribution in [0.15, 0.2) is 60.7 Å². The van der Waals surface area contributed by atoms with Crippen LogP contribution in [0.3, 0.4) is 0 Å². The molecule has 3 aromatic carbocycles. The highest BCUT2D eigenvalue weighted by Gasteiger charge is 2.45. The van der Waals surface area contributed by atoms with E-state index in [4.69, 9.17) is 9.47 Å². The number of rotatable bonds is 5. The SMILES string of the molecule is OC[C@H]1OC(Oc2c(/C=C/c3ccccc3F)ccc3ccccc23)[C@H](O)[C@@H](O)[C@@H]1O. The van der Waals surface area contributed by atoms with Crippen LogP contribution in [0.4, 0.5) is 4.39 Å². The Hall–Kier alpha value is -2.81. The smallest absolute Gasteiger partial charge is 0.229 e. The van der Waals surface area contributed by atoms with Crippen molar-refractivity contribution in [1.29, 1.82) is 0 Å². The minimum atomic E-state index is -1.55. The lowest BCUT2D eigenvalue weighted by Crippen LogP contribution is -2.60. The summed E-state index contributed by atoms with van der Waals surface area (Å²) in [5.74, 6) is -0.00837. The summed E-state index contributed by atoms with van der Waals surface area (Å²) in [7, 11) is 0. The summed E-state index contributed by atoms with van der Waals surface area (Å²) in [6.45, 7) is -0.555. The summed E-state index contributed by atoms with van der Waals surface area (Å²) in [5.41, 5.74) is 0.994. The van der Waals surface area contributed by atoms with Gasteiger partial charge in [-0.15, -0.1) is 0 Å². The van der Waals surface area contributed by atoms with Crippen LogP contribution in [0.5, 0.6) is 5.75 Å². The van der Waals surface area contributed by atoms with Crippen molar-refractivity contribution in [3.05, 3.63) is 77.6 Å². The van der Waals surface area contributed by atoms with E-state index in [0.717, 1.165) is 10.8 Å². The average molecular weight is 426 g/mol. The van der Waals surface area contributed by atoms with Crippen molar-refractivity contribution in [3.63, 3.8) is 0 Å². The molecule has 0 spiro atoms. The topological polar surface area (TPSA) is 99.4 Å². The highest BCUT2D eigenvalue weighted by molar-refractivity contribution is 5.93. The zero-order chi connectivity index (χ0) is 22.0. The number of hydrogen-bond acceptors (Lipinski definition) is 6. The number of fused-ring (bicyclic) bond motifs is 1. The molecule has 1 aliphatic heterocycles. The summed E-state index contributed by atoms with van der Waals surface area (Å²) in [5, 5.41) is 41.5. The summed E-state index contributed by atoms with van der Waals surface area (Å²) in [6, 6.07) is 17.4. The van der Waals surface area contributed by atoms with Gasteiger partial charge in [-0.25, -0.2) is 4.39 Å². The molecule has 3 aromatic rings. The minimum Gasteiger partial charge on any atom is -0.461 e. The van der Waals surface area contributed by atoms with E-state index in [1.165, 1.54) is 6.07 Å². The Labute approximate surface area is 178 Å². The van der Waals surface area contributed by atoms with Gasteiger partial charge in [0.1, 0.15) is 36.0 Å². The van der Waals surface area contributed by atoms with Crippen LogP contribution in [0, 0.1) is 5.82 Å². The van der Waals surface area contributed by atoms with Gasteiger partial charge in [0, 0.05) is 16.5 Å².